The number of halogens is 3. The number of alkyl halides is 3. The van der Waals surface area contributed by atoms with Crippen molar-refractivity contribution in [2.45, 2.75) is 46.5 Å². The number of fused-ring (bicyclic) bond motifs is 1. The minimum Gasteiger partial charge on any atom is -0.488 e. The normalized spacial score (nSPS) is 13.2. The van der Waals surface area contributed by atoms with Crippen molar-refractivity contribution in [3.8, 4) is 0 Å². The molecule has 0 spiro atoms. The predicted molar refractivity (Wildman–Crippen MR) is 153 cm³/mol. The maximum atomic E-state index is 12.8. The van der Waals surface area contributed by atoms with Crippen LogP contribution < -0.4 is 11.1 Å². The molecule has 216 valence electrons. The number of hydrogen-bond acceptors (Lipinski definition) is 6. The van der Waals surface area contributed by atoms with Crippen molar-refractivity contribution in [3.63, 3.8) is 0 Å². The van der Waals surface area contributed by atoms with Gasteiger partial charge in [0.05, 0.1) is 25.8 Å². The SMILES string of the molecule is C=C/C(CC(=O)OCC)=C(\C=C/C)OCc1coc2c(CNCC(F)(F)F)cc(C(/C=C\C)=C/C(=C)CN)cc12. The van der Waals surface area contributed by atoms with Gasteiger partial charge in [0, 0.05) is 35.2 Å². The highest BCUT2D eigenvalue weighted by atomic mass is 19.4. The van der Waals surface area contributed by atoms with Crippen molar-refractivity contribution in [1.82, 2.24) is 5.32 Å². The Morgan fingerprint density at radius 2 is 1.88 bits per heavy atom. The molecule has 0 fully saturated rings. The summed E-state index contributed by atoms with van der Waals surface area (Å²) in [7, 11) is 0. The van der Waals surface area contributed by atoms with Gasteiger partial charge < -0.3 is 24.9 Å². The molecule has 40 heavy (non-hydrogen) atoms. The average molecular weight is 559 g/mol. The number of allylic oxidation sites excluding steroid dienone is 6. The van der Waals surface area contributed by atoms with E-state index in [0.29, 0.717) is 39.0 Å². The highest BCUT2D eigenvalue weighted by Crippen LogP contribution is 2.32. The van der Waals surface area contributed by atoms with Crippen LogP contribution in [0, 0.1) is 0 Å². The molecule has 9 heteroatoms. The highest BCUT2D eigenvalue weighted by molar-refractivity contribution is 5.90. The van der Waals surface area contributed by atoms with E-state index in [0.717, 1.165) is 11.1 Å². The van der Waals surface area contributed by atoms with Gasteiger partial charge in [-0.2, -0.15) is 13.2 Å². The Kier molecular flexibility index (Phi) is 12.7. The molecule has 0 aliphatic carbocycles. The van der Waals surface area contributed by atoms with Crippen LogP contribution in [0.4, 0.5) is 13.2 Å². The van der Waals surface area contributed by atoms with E-state index in [2.05, 4.69) is 18.5 Å². The molecule has 6 nitrogen and oxygen atoms in total. The molecule has 0 unspecified atom stereocenters. The smallest absolute Gasteiger partial charge is 0.401 e. The summed E-state index contributed by atoms with van der Waals surface area (Å²) < 4.78 is 55.5. The van der Waals surface area contributed by atoms with Gasteiger partial charge in [0.1, 0.15) is 17.9 Å². The molecule has 0 saturated heterocycles. The summed E-state index contributed by atoms with van der Waals surface area (Å²) in [6.45, 7) is 12.5. The molecule has 0 aliphatic rings. The first-order valence-corrected chi connectivity index (χ1v) is 12.9. The van der Waals surface area contributed by atoms with Gasteiger partial charge in [0.15, 0.2) is 0 Å². The van der Waals surface area contributed by atoms with Gasteiger partial charge in [-0.1, -0.05) is 43.5 Å². The number of nitrogens with one attached hydrogen (secondary N) is 1. The third-order valence-electron chi connectivity index (χ3n) is 5.68. The third-order valence-corrected chi connectivity index (χ3v) is 5.68. The minimum absolute atomic E-state index is 0.00907. The summed E-state index contributed by atoms with van der Waals surface area (Å²) in [6.07, 6.45) is 7.77. The summed E-state index contributed by atoms with van der Waals surface area (Å²) in [4.78, 5) is 12.1. The molecule has 1 aromatic heterocycles. The predicted octanol–water partition coefficient (Wildman–Crippen LogP) is 7.05. The molecular formula is C31H37F3N2O4. The molecular weight excluding hydrogens is 521 g/mol. The van der Waals surface area contributed by atoms with Crippen LogP contribution in [0.25, 0.3) is 16.5 Å². The Labute approximate surface area is 233 Å². The lowest BCUT2D eigenvalue weighted by Crippen LogP contribution is -2.28. The second kappa shape index (κ2) is 15.7. The monoisotopic (exact) mass is 558 g/mol. The number of carbonyl (C=O) groups is 1. The molecule has 1 heterocycles. The first-order valence-electron chi connectivity index (χ1n) is 12.9. The van der Waals surface area contributed by atoms with Crippen molar-refractivity contribution in [1.29, 1.82) is 0 Å². The standard InChI is InChI=1S/C31H37F3N2O4/c1-6-10-23(12-21(5)16-35)24-13-25(17-36-20-31(32,33)34)30-27(14-24)26(19-40-30)18-39-28(11-7-2)22(8-3)15-29(37)38-9-4/h6-8,10-14,19,36H,3,5,9,15-18,20,35H2,1-2,4H3/b10-6-,11-7-,23-12+,28-22-. The van der Waals surface area contributed by atoms with Crippen LogP contribution >= 0.6 is 0 Å². The van der Waals surface area contributed by atoms with E-state index in [1.807, 2.05) is 38.1 Å². The molecule has 0 saturated carbocycles. The van der Waals surface area contributed by atoms with Crippen LogP contribution in [0.1, 0.15) is 43.9 Å². The van der Waals surface area contributed by atoms with Crippen LogP contribution in [0.3, 0.4) is 0 Å². The van der Waals surface area contributed by atoms with E-state index in [1.54, 1.807) is 31.2 Å². The molecule has 0 amide bonds. The zero-order valence-electron chi connectivity index (χ0n) is 23.2. The Bertz CT molecular complexity index is 1310. The lowest BCUT2D eigenvalue weighted by Gasteiger charge is -2.13. The third kappa shape index (κ3) is 9.73. The fourth-order valence-electron chi connectivity index (χ4n) is 3.88. The lowest BCUT2D eigenvalue weighted by atomic mass is 9.97. The zero-order valence-corrected chi connectivity index (χ0v) is 23.2. The molecule has 0 radical (unpaired) electrons. The fraction of sp³-hybridized carbons (Fsp3) is 0.323. The first kappa shape index (κ1) is 32.4. The molecule has 3 N–H and O–H groups in total. The van der Waals surface area contributed by atoms with E-state index in [-0.39, 0.29) is 32.7 Å². The lowest BCUT2D eigenvalue weighted by molar-refractivity contribution is -0.142. The van der Waals surface area contributed by atoms with Crippen LogP contribution in [-0.2, 0) is 27.4 Å². The molecule has 2 aromatic rings. The molecule has 0 bridgehead atoms. The van der Waals surface area contributed by atoms with Crippen LogP contribution in [0.15, 0.2) is 89.3 Å². The van der Waals surface area contributed by atoms with Gasteiger partial charge in [0.2, 0.25) is 0 Å². The Morgan fingerprint density at radius 1 is 1.15 bits per heavy atom. The molecule has 0 aliphatic heterocycles. The minimum atomic E-state index is -4.35. The van der Waals surface area contributed by atoms with Crippen molar-refractivity contribution >= 4 is 22.5 Å². The number of carbonyl (C=O) groups excluding carboxylic acids is 1. The number of benzene rings is 1. The van der Waals surface area contributed by atoms with E-state index in [4.69, 9.17) is 19.6 Å². The van der Waals surface area contributed by atoms with Gasteiger partial charge in [0.25, 0.3) is 0 Å². The van der Waals surface area contributed by atoms with E-state index < -0.39 is 18.7 Å². The fourth-order valence-corrected chi connectivity index (χ4v) is 3.88. The summed E-state index contributed by atoms with van der Waals surface area (Å²) in [5.41, 5.74) is 10.2. The zero-order chi connectivity index (χ0) is 29.7. The van der Waals surface area contributed by atoms with E-state index in [1.165, 1.54) is 6.26 Å². The summed E-state index contributed by atoms with van der Waals surface area (Å²) >= 11 is 0. The number of esters is 1. The van der Waals surface area contributed by atoms with Gasteiger partial charge in [-0.3, -0.25) is 4.79 Å². The molecule has 0 atom stereocenters. The van der Waals surface area contributed by atoms with Crippen LogP contribution in [-0.4, -0.2) is 31.8 Å². The number of hydrogen-bond donors (Lipinski definition) is 2. The van der Waals surface area contributed by atoms with Gasteiger partial charge in [-0.05, 0) is 55.7 Å². The van der Waals surface area contributed by atoms with Crippen molar-refractivity contribution in [2.75, 3.05) is 19.7 Å². The second-order valence-electron chi connectivity index (χ2n) is 8.82. The summed E-state index contributed by atoms with van der Waals surface area (Å²) in [5, 5.41) is 3.13. The topological polar surface area (TPSA) is 86.7 Å². The quantitative estimate of drug-likeness (QED) is 0.138. The average Bonchev–Trinajstić information content (AvgIpc) is 3.32. The number of nitrogens with two attached hydrogens (primary N) is 1. The first-order chi connectivity index (χ1) is 19.1. The number of rotatable bonds is 15. The maximum Gasteiger partial charge on any atom is 0.401 e. The van der Waals surface area contributed by atoms with E-state index >= 15 is 0 Å². The van der Waals surface area contributed by atoms with Crippen molar-refractivity contribution < 1.29 is 31.9 Å². The van der Waals surface area contributed by atoms with Crippen LogP contribution in [0.2, 0.25) is 0 Å². The Balaban J connectivity index is 2.56. The Hall–Kier alpha value is -3.82. The maximum absolute atomic E-state index is 12.8. The number of ether oxygens (including phenoxy) is 2. The largest absolute Gasteiger partial charge is 0.488 e. The van der Waals surface area contributed by atoms with Crippen molar-refractivity contribution in [3.05, 3.63) is 102 Å². The summed E-state index contributed by atoms with van der Waals surface area (Å²) in [6, 6.07) is 3.68. The summed E-state index contributed by atoms with van der Waals surface area (Å²) in [5.74, 6) is 0.0386. The van der Waals surface area contributed by atoms with Gasteiger partial charge in [-0.15, -0.1) is 0 Å². The van der Waals surface area contributed by atoms with Crippen molar-refractivity contribution in [2.24, 2.45) is 5.73 Å². The molecule has 2 rings (SSSR count). The van der Waals surface area contributed by atoms with E-state index in [9.17, 15) is 18.0 Å². The highest BCUT2D eigenvalue weighted by Gasteiger charge is 2.26. The van der Waals surface area contributed by atoms with Gasteiger partial charge in [-0.25, -0.2) is 0 Å². The molecule has 1 aromatic carbocycles. The number of furan rings is 1. The second-order valence-corrected chi connectivity index (χ2v) is 8.82. The van der Waals surface area contributed by atoms with Gasteiger partial charge >= 0.3 is 12.1 Å². The van der Waals surface area contributed by atoms with Crippen LogP contribution in [0.5, 0.6) is 0 Å². The Morgan fingerprint density at radius 3 is 2.48 bits per heavy atom.